The van der Waals surface area contributed by atoms with Crippen molar-refractivity contribution in [3.8, 4) is 17.2 Å². The minimum atomic E-state index is -3.41. The summed E-state index contributed by atoms with van der Waals surface area (Å²) in [6.45, 7) is 2.12. The summed E-state index contributed by atoms with van der Waals surface area (Å²) < 4.78 is 39.1. The molecule has 0 radical (unpaired) electrons. The van der Waals surface area contributed by atoms with Crippen molar-refractivity contribution in [1.82, 2.24) is 4.98 Å². The van der Waals surface area contributed by atoms with Gasteiger partial charge in [0, 0.05) is 19.4 Å². The molecule has 0 bridgehead atoms. The second-order valence-corrected chi connectivity index (χ2v) is 7.55. The fraction of sp³-hybridized carbons (Fsp3) is 0.294. The van der Waals surface area contributed by atoms with Gasteiger partial charge in [-0.1, -0.05) is 0 Å². The zero-order chi connectivity index (χ0) is 19.3. The number of sulfone groups is 1. The van der Waals surface area contributed by atoms with Crippen LogP contribution in [0.1, 0.15) is 17.3 Å². The van der Waals surface area contributed by atoms with Crippen molar-refractivity contribution in [2.24, 2.45) is 0 Å². The molecule has 0 saturated carbocycles. The molecule has 1 unspecified atom stereocenters. The molecule has 9 heteroatoms. The average molecular weight is 381 g/mol. The van der Waals surface area contributed by atoms with Gasteiger partial charge < -0.3 is 19.3 Å². The van der Waals surface area contributed by atoms with E-state index in [1.165, 1.54) is 43.6 Å². The Kier molecular flexibility index (Phi) is 6.17. The van der Waals surface area contributed by atoms with E-state index in [1.54, 1.807) is 6.92 Å². The Morgan fingerprint density at radius 2 is 1.88 bits per heavy atom. The summed E-state index contributed by atoms with van der Waals surface area (Å²) in [7, 11) is -1.88. The van der Waals surface area contributed by atoms with Crippen LogP contribution in [-0.2, 0) is 14.6 Å². The number of ether oxygens (including phenoxy) is 3. The molecule has 1 heterocycles. The molecule has 0 aliphatic carbocycles. The molecule has 140 valence electrons. The van der Waals surface area contributed by atoms with Crippen LogP contribution in [0.25, 0.3) is 0 Å². The van der Waals surface area contributed by atoms with Gasteiger partial charge in [0.2, 0.25) is 0 Å². The molecule has 1 atom stereocenters. The number of aromatic nitrogens is 1. The van der Waals surface area contributed by atoms with E-state index in [1.807, 2.05) is 0 Å². The first-order chi connectivity index (χ1) is 12.2. The normalized spacial score (nSPS) is 12.4. The lowest BCUT2D eigenvalue weighted by Gasteiger charge is -2.15. The third-order valence-corrected chi connectivity index (χ3v) is 4.19. The van der Waals surface area contributed by atoms with E-state index in [0.29, 0.717) is 12.4 Å². The van der Waals surface area contributed by atoms with Crippen molar-refractivity contribution in [2.75, 3.05) is 20.0 Å². The molecule has 0 amide bonds. The number of pyridine rings is 1. The van der Waals surface area contributed by atoms with E-state index in [4.69, 9.17) is 14.2 Å². The summed E-state index contributed by atoms with van der Waals surface area (Å²) in [4.78, 5) is 15.1. The molecule has 0 aliphatic rings. The second kappa shape index (κ2) is 8.15. The summed E-state index contributed by atoms with van der Waals surface area (Å²) >= 11 is 0. The number of carbonyl (C=O) groups is 1. The SMILES string of the molecule is COCC(C)Oc1cc(Oc2ccc(S(C)(=O)=O)nc2)cc(C(=O)O)c1. The molecule has 0 saturated heterocycles. The van der Waals surface area contributed by atoms with Gasteiger partial charge >= 0.3 is 5.97 Å². The number of methoxy groups -OCH3 is 1. The minimum Gasteiger partial charge on any atom is -0.488 e. The van der Waals surface area contributed by atoms with Crippen LogP contribution in [0.4, 0.5) is 0 Å². The lowest BCUT2D eigenvalue weighted by molar-refractivity contribution is 0.0693. The summed E-state index contributed by atoms with van der Waals surface area (Å²) in [5.41, 5.74) is -0.0113. The maximum atomic E-state index is 11.4. The highest BCUT2D eigenvalue weighted by Crippen LogP contribution is 2.28. The molecule has 2 aromatic rings. The molecule has 2 rings (SSSR count). The highest BCUT2D eigenvalue weighted by molar-refractivity contribution is 7.90. The number of hydrogen-bond acceptors (Lipinski definition) is 7. The van der Waals surface area contributed by atoms with Crippen LogP contribution in [-0.4, -0.2) is 50.6 Å². The third kappa shape index (κ3) is 5.43. The summed E-state index contributed by atoms with van der Waals surface area (Å²) in [6, 6.07) is 6.99. The van der Waals surface area contributed by atoms with E-state index in [0.717, 1.165) is 6.26 Å². The van der Waals surface area contributed by atoms with Gasteiger partial charge in [0.05, 0.1) is 18.4 Å². The molecule has 0 spiro atoms. The first-order valence-electron chi connectivity index (χ1n) is 7.57. The number of rotatable bonds is 8. The third-order valence-electron chi connectivity index (χ3n) is 3.19. The Morgan fingerprint density at radius 1 is 1.19 bits per heavy atom. The maximum Gasteiger partial charge on any atom is 0.335 e. The van der Waals surface area contributed by atoms with Crippen molar-refractivity contribution < 1.29 is 32.5 Å². The van der Waals surface area contributed by atoms with Crippen LogP contribution < -0.4 is 9.47 Å². The van der Waals surface area contributed by atoms with Gasteiger partial charge in [0.25, 0.3) is 0 Å². The van der Waals surface area contributed by atoms with Gasteiger partial charge in [0.15, 0.2) is 14.9 Å². The minimum absolute atomic E-state index is 0.0113. The fourth-order valence-corrected chi connectivity index (χ4v) is 2.67. The van der Waals surface area contributed by atoms with Gasteiger partial charge in [-0.05, 0) is 31.2 Å². The van der Waals surface area contributed by atoms with Gasteiger partial charge in [-0.25, -0.2) is 18.2 Å². The standard InChI is InChI=1S/C17H19NO7S/c1-11(10-23-2)24-14-6-12(17(19)20)7-15(8-14)25-13-4-5-16(18-9-13)26(3,21)22/h4-9,11H,10H2,1-3H3,(H,19,20). The predicted octanol–water partition coefficient (Wildman–Crippen LogP) is 2.39. The number of hydrogen-bond donors (Lipinski definition) is 1. The highest BCUT2D eigenvalue weighted by Gasteiger charge is 2.13. The van der Waals surface area contributed by atoms with Crippen LogP contribution in [0.2, 0.25) is 0 Å². The zero-order valence-corrected chi connectivity index (χ0v) is 15.3. The van der Waals surface area contributed by atoms with Gasteiger partial charge in [-0.2, -0.15) is 0 Å². The molecule has 0 aliphatic heterocycles. The molecule has 1 aromatic heterocycles. The molecule has 0 fully saturated rings. The highest BCUT2D eigenvalue weighted by atomic mass is 32.2. The van der Waals surface area contributed by atoms with E-state index in [9.17, 15) is 18.3 Å². The first-order valence-corrected chi connectivity index (χ1v) is 9.46. The van der Waals surface area contributed by atoms with Crippen LogP contribution in [0.5, 0.6) is 17.2 Å². The molecular formula is C17H19NO7S. The van der Waals surface area contributed by atoms with E-state index in [2.05, 4.69) is 4.98 Å². The van der Waals surface area contributed by atoms with Crippen molar-refractivity contribution in [1.29, 1.82) is 0 Å². The Balaban J connectivity index is 2.27. The average Bonchev–Trinajstić information content (AvgIpc) is 2.54. The van der Waals surface area contributed by atoms with Gasteiger partial charge in [-0.15, -0.1) is 0 Å². The quantitative estimate of drug-likeness (QED) is 0.742. The summed E-state index contributed by atoms with van der Waals surface area (Å²) in [5.74, 6) is -0.343. The van der Waals surface area contributed by atoms with Crippen molar-refractivity contribution in [3.05, 3.63) is 42.1 Å². The predicted molar refractivity (Wildman–Crippen MR) is 92.8 cm³/mol. The molecule has 1 N–H and O–H groups in total. The molecule has 26 heavy (non-hydrogen) atoms. The number of carboxylic acids is 1. The Labute approximate surface area is 151 Å². The van der Waals surface area contributed by atoms with Gasteiger partial charge in [-0.3, -0.25) is 0 Å². The van der Waals surface area contributed by atoms with Crippen LogP contribution >= 0.6 is 0 Å². The number of nitrogens with zero attached hydrogens (tertiary/aromatic N) is 1. The molecule has 1 aromatic carbocycles. The second-order valence-electron chi connectivity index (χ2n) is 5.59. The van der Waals surface area contributed by atoms with E-state index in [-0.39, 0.29) is 28.2 Å². The largest absolute Gasteiger partial charge is 0.488 e. The molecule has 8 nitrogen and oxygen atoms in total. The zero-order valence-electron chi connectivity index (χ0n) is 14.5. The number of aromatic carboxylic acids is 1. The van der Waals surface area contributed by atoms with Crippen molar-refractivity contribution in [2.45, 2.75) is 18.1 Å². The summed E-state index contributed by atoms with van der Waals surface area (Å²) in [5, 5.41) is 9.17. The lowest BCUT2D eigenvalue weighted by atomic mass is 10.2. The Morgan fingerprint density at radius 3 is 2.42 bits per heavy atom. The van der Waals surface area contributed by atoms with Crippen molar-refractivity contribution >= 4 is 15.8 Å². The van der Waals surface area contributed by atoms with E-state index >= 15 is 0 Å². The van der Waals surface area contributed by atoms with Crippen LogP contribution in [0.3, 0.4) is 0 Å². The lowest BCUT2D eigenvalue weighted by Crippen LogP contribution is -2.18. The fourth-order valence-electron chi connectivity index (χ4n) is 2.11. The van der Waals surface area contributed by atoms with Crippen LogP contribution in [0.15, 0.2) is 41.6 Å². The summed E-state index contributed by atoms with van der Waals surface area (Å²) in [6.07, 6.45) is 2.02. The van der Waals surface area contributed by atoms with Gasteiger partial charge in [0.1, 0.15) is 23.4 Å². The Hall–Kier alpha value is -2.65. The number of carboxylic acid groups (broad SMARTS) is 1. The maximum absolute atomic E-state index is 11.4. The number of benzene rings is 1. The first kappa shape index (κ1) is 19.7. The van der Waals surface area contributed by atoms with Crippen molar-refractivity contribution in [3.63, 3.8) is 0 Å². The van der Waals surface area contributed by atoms with Crippen LogP contribution in [0, 0.1) is 0 Å². The smallest absolute Gasteiger partial charge is 0.335 e. The topological polar surface area (TPSA) is 112 Å². The van der Waals surface area contributed by atoms with E-state index < -0.39 is 15.8 Å². The Bertz CT molecular complexity index is 878. The monoisotopic (exact) mass is 381 g/mol. The molecular weight excluding hydrogens is 362 g/mol.